The summed E-state index contributed by atoms with van der Waals surface area (Å²) in [6.07, 6.45) is -1.03. The molecule has 5 aromatic carbocycles. The van der Waals surface area contributed by atoms with E-state index in [1.165, 1.54) is 12.1 Å². The SMILES string of the molecule is O=C(O[C@H](Cc1ccc2ccccc2c1)C(=O)OCc1ccccc1)C1c2ccccc2-c2ccc(F)cc21. The third-order valence-electron chi connectivity index (χ3n) is 7.10. The van der Waals surface area contributed by atoms with Crippen molar-refractivity contribution in [3.8, 4) is 11.1 Å². The third-order valence-corrected chi connectivity index (χ3v) is 7.10. The lowest BCUT2D eigenvalue weighted by Gasteiger charge is -2.20. The predicted molar refractivity (Wildman–Crippen MR) is 147 cm³/mol. The van der Waals surface area contributed by atoms with Gasteiger partial charge in [0.25, 0.3) is 0 Å². The maximum absolute atomic E-state index is 14.3. The number of ether oxygens (including phenoxy) is 2. The van der Waals surface area contributed by atoms with E-state index in [9.17, 15) is 14.0 Å². The molecule has 0 amide bonds. The Kier molecular flexibility index (Phi) is 6.64. The van der Waals surface area contributed by atoms with E-state index in [1.54, 1.807) is 6.07 Å². The van der Waals surface area contributed by atoms with Crippen LogP contribution in [0.1, 0.15) is 28.2 Å². The number of esters is 2. The molecule has 1 aliphatic rings. The largest absolute Gasteiger partial charge is 0.458 e. The summed E-state index contributed by atoms with van der Waals surface area (Å²) >= 11 is 0. The highest BCUT2D eigenvalue weighted by Crippen LogP contribution is 2.45. The van der Waals surface area contributed by atoms with E-state index >= 15 is 0 Å². The van der Waals surface area contributed by atoms with Crippen molar-refractivity contribution in [2.75, 3.05) is 0 Å². The van der Waals surface area contributed by atoms with Gasteiger partial charge in [-0.25, -0.2) is 9.18 Å². The molecule has 1 unspecified atom stereocenters. The molecule has 0 aromatic heterocycles. The number of halogens is 1. The summed E-state index contributed by atoms with van der Waals surface area (Å²) in [5, 5.41) is 2.09. The Balaban J connectivity index is 1.30. The number of fused-ring (bicyclic) bond motifs is 4. The van der Waals surface area contributed by atoms with Crippen LogP contribution >= 0.6 is 0 Å². The predicted octanol–water partition coefficient (Wildman–Crippen LogP) is 6.99. The van der Waals surface area contributed by atoms with Crippen molar-refractivity contribution < 1.29 is 23.5 Å². The molecule has 39 heavy (non-hydrogen) atoms. The molecular formula is C34H25FO4. The van der Waals surface area contributed by atoms with Crippen LogP contribution in [0.3, 0.4) is 0 Å². The van der Waals surface area contributed by atoms with E-state index in [4.69, 9.17) is 9.47 Å². The molecule has 2 atom stereocenters. The highest BCUT2D eigenvalue weighted by atomic mass is 19.1. The van der Waals surface area contributed by atoms with Crippen molar-refractivity contribution in [2.45, 2.75) is 25.0 Å². The minimum atomic E-state index is -1.17. The van der Waals surface area contributed by atoms with Crippen molar-refractivity contribution in [3.63, 3.8) is 0 Å². The Labute approximate surface area is 225 Å². The minimum absolute atomic E-state index is 0.0613. The molecule has 6 rings (SSSR count). The van der Waals surface area contributed by atoms with Crippen LogP contribution in [-0.4, -0.2) is 18.0 Å². The normalized spacial score (nSPS) is 14.3. The van der Waals surface area contributed by atoms with Gasteiger partial charge in [-0.2, -0.15) is 0 Å². The number of benzene rings is 5. The van der Waals surface area contributed by atoms with Crippen molar-refractivity contribution >= 4 is 22.7 Å². The zero-order valence-corrected chi connectivity index (χ0v) is 21.0. The Morgan fingerprint density at radius 3 is 2.26 bits per heavy atom. The monoisotopic (exact) mass is 516 g/mol. The van der Waals surface area contributed by atoms with Crippen LogP contribution in [0, 0.1) is 5.82 Å². The van der Waals surface area contributed by atoms with E-state index < -0.39 is 29.8 Å². The maximum Gasteiger partial charge on any atom is 0.348 e. The van der Waals surface area contributed by atoms with Gasteiger partial charge in [-0.15, -0.1) is 0 Å². The van der Waals surface area contributed by atoms with Crippen molar-refractivity contribution in [1.29, 1.82) is 0 Å². The molecule has 4 nitrogen and oxygen atoms in total. The van der Waals surface area contributed by atoms with Crippen LogP contribution in [-0.2, 0) is 32.1 Å². The fourth-order valence-corrected chi connectivity index (χ4v) is 5.22. The number of carbonyl (C=O) groups is 2. The molecule has 0 heterocycles. The molecule has 0 saturated heterocycles. The topological polar surface area (TPSA) is 52.6 Å². The standard InChI is InChI=1S/C34H25FO4/c35-26-16-17-28-27-12-6-7-13-29(27)32(30(28)20-26)34(37)39-31(33(36)38-21-22-8-2-1-3-9-22)19-23-14-15-24-10-4-5-11-25(24)18-23/h1-18,20,31-32H,19,21H2/t31-,32?/m1/s1. The van der Waals surface area contributed by atoms with Crippen LogP contribution in [0.2, 0.25) is 0 Å². The van der Waals surface area contributed by atoms with Gasteiger partial charge < -0.3 is 9.47 Å². The Morgan fingerprint density at radius 1 is 0.692 bits per heavy atom. The van der Waals surface area contributed by atoms with Crippen molar-refractivity contribution in [2.24, 2.45) is 0 Å². The summed E-state index contributed by atoms with van der Waals surface area (Å²) in [4.78, 5) is 27.0. The molecule has 0 radical (unpaired) electrons. The molecule has 5 heteroatoms. The lowest BCUT2D eigenvalue weighted by molar-refractivity contribution is -0.169. The van der Waals surface area contributed by atoms with Crippen LogP contribution in [0.4, 0.5) is 4.39 Å². The van der Waals surface area contributed by atoms with Gasteiger partial charge in [-0.3, -0.25) is 4.79 Å². The molecule has 0 spiro atoms. The summed E-state index contributed by atoms with van der Waals surface area (Å²) < 4.78 is 25.8. The first-order valence-electron chi connectivity index (χ1n) is 12.8. The molecular weight excluding hydrogens is 491 g/mol. The van der Waals surface area contributed by atoms with Gasteiger partial charge in [-0.05, 0) is 56.3 Å². The Morgan fingerprint density at radius 2 is 1.41 bits per heavy atom. The zero-order chi connectivity index (χ0) is 26.8. The average molecular weight is 517 g/mol. The van der Waals surface area contributed by atoms with Crippen LogP contribution in [0.5, 0.6) is 0 Å². The summed E-state index contributed by atoms with van der Waals surface area (Å²) in [5.74, 6) is -2.53. The molecule has 0 fully saturated rings. The van der Waals surface area contributed by atoms with E-state index in [-0.39, 0.29) is 13.0 Å². The highest BCUT2D eigenvalue weighted by Gasteiger charge is 2.37. The van der Waals surface area contributed by atoms with E-state index in [0.29, 0.717) is 5.56 Å². The fraction of sp³-hybridized carbons (Fsp3) is 0.118. The van der Waals surface area contributed by atoms with Gasteiger partial charge in [0.2, 0.25) is 6.10 Å². The molecule has 5 aromatic rings. The first kappa shape index (κ1) is 24.6. The minimum Gasteiger partial charge on any atom is -0.458 e. The summed E-state index contributed by atoms with van der Waals surface area (Å²) in [5.41, 5.74) is 4.56. The quantitative estimate of drug-likeness (QED) is 0.219. The highest BCUT2D eigenvalue weighted by molar-refractivity contribution is 5.94. The molecule has 1 aliphatic carbocycles. The second-order valence-corrected chi connectivity index (χ2v) is 9.66. The summed E-state index contributed by atoms with van der Waals surface area (Å²) in [6, 6.07) is 35.0. The molecule has 0 aliphatic heterocycles. The first-order valence-corrected chi connectivity index (χ1v) is 12.8. The third kappa shape index (κ3) is 5.04. The average Bonchev–Trinajstić information content (AvgIpc) is 3.29. The lowest BCUT2D eigenvalue weighted by Crippen LogP contribution is -2.33. The van der Waals surface area contributed by atoms with Gasteiger partial charge in [0, 0.05) is 6.42 Å². The van der Waals surface area contributed by atoms with Crippen molar-refractivity contribution in [3.05, 3.63) is 143 Å². The Bertz CT molecular complexity index is 1680. The zero-order valence-electron chi connectivity index (χ0n) is 21.0. The molecule has 192 valence electrons. The van der Waals surface area contributed by atoms with E-state index in [0.717, 1.165) is 38.6 Å². The van der Waals surface area contributed by atoms with Crippen molar-refractivity contribution in [1.82, 2.24) is 0 Å². The van der Waals surface area contributed by atoms with Crippen LogP contribution < -0.4 is 0 Å². The van der Waals surface area contributed by atoms with Crippen LogP contribution in [0.15, 0.2) is 115 Å². The maximum atomic E-state index is 14.3. The van der Waals surface area contributed by atoms with Gasteiger partial charge in [0.1, 0.15) is 18.3 Å². The number of hydrogen-bond acceptors (Lipinski definition) is 4. The second kappa shape index (κ2) is 10.5. The summed E-state index contributed by atoms with van der Waals surface area (Å²) in [7, 11) is 0. The first-order chi connectivity index (χ1) is 19.1. The molecule has 0 saturated carbocycles. The number of hydrogen-bond donors (Lipinski definition) is 0. The second-order valence-electron chi connectivity index (χ2n) is 9.66. The van der Waals surface area contributed by atoms with Gasteiger partial charge in [0.05, 0.1) is 0 Å². The smallest absolute Gasteiger partial charge is 0.348 e. The van der Waals surface area contributed by atoms with Gasteiger partial charge >= 0.3 is 11.9 Å². The number of carbonyl (C=O) groups excluding carboxylic acids is 2. The molecule has 0 N–H and O–H groups in total. The van der Waals surface area contributed by atoms with Gasteiger partial charge in [0.15, 0.2) is 0 Å². The molecule has 0 bridgehead atoms. The van der Waals surface area contributed by atoms with E-state index in [1.807, 2.05) is 97.1 Å². The fourth-order valence-electron chi connectivity index (χ4n) is 5.22. The number of rotatable bonds is 7. The van der Waals surface area contributed by atoms with E-state index in [2.05, 4.69) is 0 Å². The van der Waals surface area contributed by atoms with Crippen LogP contribution in [0.25, 0.3) is 21.9 Å². The Hall–Kier alpha value is -4.77. The lowest BCUT2D eigenvalue weighted by atomic mass is 9.97. The summed E-state index contributed by atoms with van der Waals surface area (Å²) in [6.45, 7) is 0.0613. The van der Waals surface area contributed by atoms with Gasteiger partial charge in [-0.1, -0.05) is 103 Å².